The predicted octanol–water partition coefficient (Wildman–Crippen LogP) is 3.53. The van der Waals surface area contributed by atoms with E-state index in [1.165, 1.54) is 22.9 Å². The molecule has 1 aromatic heterocycles. The summed E-state index contributed by atoms with van der Waals surface area (Å²) >= 11 is 0. The number of aromatic nitrogens is 2. The van der Waals surface area contributed by atoms with E-state index in [1.807, 2.05) is 0 Å². The van der Waals surface area contributed by atoms with Crippen LogP contribution in [0, 0.1) is 18.3 Å². The van der Waals surface area contributed by atoms with Crippen LogP contribution < -0.4 is 10.6 Å². The van der Waals surface area contributed by atoms with Crippen molar-refractivity contribution in [2.45, 2.75) is 32.4 Å². The second kappa shape index (κ2) is 6.37. The maximum absolute atomic E-state index is 13.4. The first-order valence-corrected chi connectivity index (χ1v) is 9.05. The summed E-state index contributed by atoms with van der Waals surface area (Å²) in [5, 5.41) is 10.3. The number of nitrogens with one attached hydrogen (secondary N) is 2. The number of carbonyl (C=O) groups is 1. The van der Waals surface area contributed by atoms with Crippen LogP contribution in [0.4, 0.5) is 19.0 Å². The van der Waals surface area contributed by atoms with Gasteiger partial charge in [0.1, 0.15) is 5.82 Å². The summed E-state index contributed by atoms with van der Waals surface area (Å²) in [6, 6.07) is 6.84. The number of piperidine rings is 1. The lowest BCUT2D eigenvalue weighted by atomic mass is 9.92. The van der Waals surface area contributed by atoms with Crippen LogP contribution >= 0.6 is 0 Å². The molecule has 2 aliphatic rings. The number of hydrogen-bond acceptors (Lipinski definition) is 3. The Morgan fingerprint density at radius 2 is 2.00 bits per heavy atom. The molecular formula is C19H21F3N4O. The third-order valence-corrected chi connectivity index (χ3v) is 5.63. The van der Waals surface area contributed by atoms with E-state index >= 15 is 0 Å². The molecule has 1 saturated carbocycles. The molecule has 1 atom stereocenters. The molecule has 1 amide bonds. The van der Waals surface area contributed by atoms with E-state index in [2.05, 4.69) is 15.7 Å². The number of para-hydroxylation sites is 1. The second-order valence-corrected chi connectivity index (χ2v) is 7.46. The van der Waals surface area contributed by atoms with Gasteiger partial charge in [0, 0.05) is 12.0 Å². The summed E-state index contributed by atoms with van der Waals surface area (Å²) < 4.78 is 41.3. The van der Waals surface area contributed by atoms with Gasteiger partial charge in [0.2, 0.25) is 5.91 Å². The largest absolute Gasteiger partial charge is 0.418 e. The molecule has 1 aliphatic heterocycles. The van der Waals surface area contributed by atoms with Gasteiger partial charge >= 0.3 is 6.18 Å². The SMILES string of the molecule is Cc1cc(NC(=O)C2CC23CCNCC3)n(-c2ccccc2C(F)(F)F)n1. The highest BCUT2D eigenvalue weighted by molar-refractivity contribution is 5.94. The summed E-state index contributed by atoms with van der Waals surface area (Å²) in [6.07, 6.45) is -1.75. The minimum Gasteiger partial charge on any atom is -0.317 e. The van der Waals surface area contributed by atoms with Crippen LogP contribution in [0.3, 0.4) is 0 Å². The summed E-state index contributed by atoms with van der Waals surface area (Å²) in [7, 11) is 0. The fourth-order valence-corrected chi connectivity index (χ4v) is 4.08. The molecule has 0 bridgehead atoms. The molecule has 1 unspecified atom stereocenters. The van der Waals surface area contributed by atoms with Crippen molar-refractivity contribution in [3.63, 3.8) is 0 Å². The molecule has 27 heavy (non-hydrogen) atoms. The Kier molecular flexibility index (Phi) is 4.25. The molecule has 8 heteroatoms. The molecule has 144 valence electrons. The van der Waals surface area contributed by atoms with Crippen molar-refractivity contribution in [2.75, 3.05) is 18.4 Å². The highest BCUT2D eigenvalue weighted by Gasteiger charge is 2.57. The predicted molar refractivity (Wildman–Crippen MR) is 94.6 cm³/mol. The van der Waals surface area contributed by atoms with E-state index in [9.17, 15) is 18.0 Å². The number of carbonyl (C=O) groups excluding carboxylic acids is 1. The van der Waals surface area contributed by atoms with Crippen molar-refractivity contribution in [3.8, 4) is 5.69 Å². The smallest absolute Gasteiger partial charge is 0.317 e. The number of hydrogen-bond donors (Lipinski definition) is 2. The molecular weight excluding hydrogens is 357 g/mol. The van der Waals surface area contributed by atoms with Crippen LogP contribution in [-0.2, 0) is 11.0 Å². The van der Waals surface area contributed by atoms with Gasteiger partial charge in [-0.05, 0) is 56.8 Å². The van der Waals surface area contributed by atoms with Gasteiger partial charge in [-0.2, -0.15) is 18.3 Å². The Bertz CT molecular complexity index is 868. The quantitative estimate of drug-likeness (QED) is 0.859. The first-order valence-electron chi connectivity index (χ1n) is 9.05. The van der Waals surface area contributed by atoms with E-state index in [-0.39, 0.29) is 28.7 Å². The first kappa shape index (κ1) is 18.0. The maximum atomic E-state index is 13.4. The Morgan fingerprint density at radius 1 is 1.30 bits per heavy atom. The molecule has 1 spiro atoms. The van der Waals surface area contributed by atoms with Gasteiger partial charge in [0.15, 0.2) is 0 Å². The van der Waals surface area contributed by atoms with Crippen LogP contribution in [0.1, 0.15) is 30.5 Å². The van der Waals surface area contributed by atoms with Crippen LogP contribution in [-0.4, -0.2) is 28.8 Å². The molecule has 2 N–H and O–H groups in total. The first-order chi connectivity index (χ1) is 12.8. The minimum absolute atomic E-state index is 0.0547. The molecule has 5 nitrogen and oxygen atoms in total. The lowest BCUT2D eigenvalue weighted by molar-refractivity contribution is -0.137. The maximum Gasteiger partial charge on any atom is 0.418 e. The molecule has 2 fully saturated rings. The number of alkyl halides is 3. The van der Waals surface area contributed by atoms with Crippen LogP contribution in [0.2, 0.25) is 0 Å². The number of rotatable bonds is 3. The topological polar surface area (TPSA) is 59.0 Å². The van der Waals surface area contributed by atoms with Crippen molar-refractivity contribution in [3.05, 3.63) is 41.6 Å². The minimum atomic E-state index is -4.51. The van der Waals surface area contributed by atoms with Gasteiger partial charge in [-0.3, -0.25) is 4.79 Å². The zero-order valence-corrected chi connectivity index (χ0v) is 14.9. The summed E-state index contributed by atoms with van der Waals surface area (Å²) in [6.45, 7) is 3.49. The normalized spacial score (nSPS) is 21.3. The average Bonchev–Trinajstić information content (AvgIpc) is 3.19. The van der Waals surface area contributed by atoms with Crippen molar-refractivity contribution in [1.82, 2.24) is 15.1 Å². The molecule has 4 rings (SSSR count). The highest BCUT2D eigenvalue weighted by Crippen LogP contribution is 2.58. The van der Waals surface area contributed by atoms with Crippen molar-refractivity contribution >= 4 is 11.7 Å². The fraction of sp³-hybridized carbons (Fsp3) is 0.474. The average molecular weight is 378 g/mol. The molecule has 1 saturated heterocycles. The van der Waals surface area contributed by atoms with E-state index in [0.717, 1.165) is 38.4 Å². The zero-order chi connectivity index (χ0) is 19.2. The van der Waals surface area contributed by atoms with Gasteiger partial charge in [0.25, 0.3) is 0 Å². The Labute approximate surface area is 154 Å². The van der Waals surface area contributed by atoms with E-state index in [0.29, 0.717) is 5.69 Å². The molecule has 2 aromatic rings. The highest BCUT2D eigenvalue weighted by atomic mass is 19.4. The van der Waals surface area contributed by atoms with Crippen molar-refractivity contribution < 1.29 is 18.0 Å². The standard InChI is InChI=1S/C19H21F3N4O/c1-12-10-16(24-17(27)14-11-18(14)6-8-23-9-7-18)26(25-12)15-5-3-2-4-13(15)19(20,21)22/h2-5,10,14,23H,6-9,11H2,1H3,(H,24,27). The van der Waals surface area contributed by atoms with E-state index in [4.69, 9.17) is 0 Å². The van der Waals surface area contributed by atoms with E-state index < -0.39 is 11.7 Å². The number of benzene rings is 1. The number of anilines is 1. The fourth-order valence-electron chi connectivity index (χ4n) is 4.08. The Balaban J connectivity index is 1.61. The third kappa shape index (κ3) is 3.34. The third-order valence-electron chi connectivity index (χ3n) is 5.63. The summed E-state index contributed by atoms with van der Waals surface area (Å²) in [4.78, 5) is 12.7. The number of aryl methyl sites for hydroxylation is 1. The van der Waals surface area contributed by atoms with Gasteiger partial charge in [-0.25, -0.2) is 4.68 Å². The Morgan fingerprint density at radius 3 is 2.70 bits per heavy atom. The van der Waals surface area contributed by atoms with Crippen molar-refractivity contribution in [2.24, 2.45) is 11.3 Å². The van der Waals surface area contributed by atoms with Crippen LogP contribution in [0.15, 0.2) is 30.3 Å². The Hall–Kier alpha value is -2.35. The van der Waals surface area contributed by atoms with Gasteiger partial charge in [-0.15, -0.1) is 0 Å². The monoisotopic (exact) mass is 378 g/mol. The van der Waals surface area contributed by atoms with Crippen LogP contribution in [0.25, 0.3) is 5.69 Å². The van der Waals surface area contributed by atoms with Gasteiger partial charge in [0.05, 0.1) is 16.9 Å². The summed E-state index contributed by atoms with van der Waals surface area (Å²) in [5.74, 6) is 0.0499. The molecule has 1 aromatic carbocycles. The van der Waals surface area contributed by atoms with Crippen molar-refractivity contribution in [1.29, 1.82) is 0 Å². The number of nitrogens with zero attached hydrogens (tertiary/aromatic N) is 2. The lowest BCUT2D eigenvalue weighted by Gasteiger charge is -2.23. The second-order valence-electron chi connectivity index (χ2n) is 7.46. The van der Waals surface area contributed by atoms with Crippen LogP contribution in [0.5, 0.6) is 0 Å². The lowest BCUT2D eigenvalue weighted by Crippen LogP contribution is -2.31. The van der Waals surface area contributed by atoms with E-state index in [1.54, 1.807) is 13.0 Å². The zero-order valence-electron chi connectivity index (χ0n) is 14.9. The number of halogens is 3. The van der Waals surface area contributed by atoms with Gasteiger partial charge in [-0.1, -0.05) is 12.1 Å². The summed E-state index contributed by atoms with van der Waals surface area (Å²) in [5.41, 5.74) is -0.292. The molecule has 2 heterocycles. The molecule has 1 aliphatic carbocycles. The number of amides is 1. The van der Waals surface area contributed by atoms with Gasteiger partial charge < -0.3 is 10.6 Å². The molecule has 0 radical (unpaired) electrons.